The standard InChI is InChI=1S/C11H10FN3O/c12-8-1-2-9-7(5-8)3-4-11(9,13)10-14-6-16-15-10/h1-2,5-6H,3-4,13H2. The van der Waals surface area contributed by atoms with Crippen LogP contribution in [0.1, 0.15) is 23.4 Å². The minimum atomic E-state index is -0.740. The fraction of sp³-hybridized carbons (Fsp3) is 0.273. The zero-order valence-corrected chi connectivity index (χ0v) is 8.48. The molecule has 0 saturated carbocycles. The van der Waals surface area contributed by atoms with Crippen molar-refractivity contribution >= 4 is 0 Å². The van der Waals surface area contributed by atoms with Gasteiger partial charge in [0.05, 0.1) is 0 Å². The van der Waals surface area contributed by atoms with Gasteiger partial charge in [-0.05, 0) is 36.1 Å². The zero-order chi connectivity index (χ0) is 11.2. The van der Waals surface area contributed by atoms with E-state index >= 15 is 0 Å². The molecule has 0 bridgehead atoms. The average molecular weight is 219 g/mol. The van der Waals surface area contributed by atoms with Gasteiger partial charge in [-0.1, -0.05) is 11.2 Å². The summed E-state index contributed by atoms with van der Waals surface area (Å²) in [5, 5.41) is 3.79. The molecule has 1 aliphatic carbocycles. The van der Waals surface area contributed by atoms with Gasteiger partial charge in [0.1, 0.15) is 11.4 Å². The third kappa shape index (κ3) is 1.18. The molecule has 4 nitrogen and oxygen atoms in total. The number of hydrogen-bond acceptors (Lipinski definition) is 4. The van der Waals surface area contributed by atoms with Crippen molar-refractivity contribution < 1.29 is 8.91 Å². The summed E-state index contributed by atoms with van der Waals surface area (Å²) in [5.74, 6) is 0.217. The highest BCUT2D eigenvalue weighted by atomic mass is 19.1. The number of aryl methyl sites for hydroxylation is 1. The topological polar surface area (TPSA) is 64.9 Å². The predicted octanol–water partition coefficient (Wildman–Crippen LogP) is 1.36. The largest absolute Gasteiger partial charge is 0.343 e. The third-order valence-corrected chi connectivity index (χ3v) is 3.10. The molecule has 0 aliphatic heterocycles. The summed E-state index contributed by atoms with van der Waals surface area (Å²) >= 11 is 0. The van der Waals surface area contributed by atoms with Crippen molar-refractivity contribution in [3.05, 3.63) is 47.4 Å². The molecule has 1 aromatic heterocycles. The van der Waals surface area contributed by atoms with Crippen molar-refractivity contribution in [1.29, 1.82) is 0 Å². The van der Waals surface area contributed by atoms with Gasteiger partial charge in [-0.25, -0.2) is 4.39 Å². The van der Waals surface area contributed by atoms with Crippen LogP contribution in [0, 0.1) is 5.82 Å². The van der Waals surface area contributed by atoms with Gasteiger partial charge in [-0.15, -0.1) is 0 Å². The van der Waals surface area contributed by atoms with Crippen LogP contribution < -0.4 is 5.73 Å². The van der Waals surface area contributed by atoms with Gasteiger partial charge >= 0.3 is 0 Å². The number of nitrogens with two attached hydrogens (primary N) is 1. The molecule has 0 radical (unpaired) electrons. The molecule has 5 heteroatoms. The van der Waals surface area contributed by atoms with Crippen molar-refractivity contribution in [3.63, 3.8) is 0 Å². The van der Waals surface area contributed by atoms with Crippen molar-refractivity contribution in [2.75, 3.05) is 0 Å². The van der Waals surface area contributed by atoms with E-state index < -0.39 is 5.54 Å². The Labute approximate surface area is 91.3 Å². The molecule has 0 amide bonds. The second kappa shape index (κ2) is 3.12. The monoisotopic (exact) mass is 219 g/mol. The Hall–Kier alpha value is -1.75. The first-order chi connectivity index (χ1) is 7.70. The summed E-state index contributed by atoms with van der Waals surface area (Å²) in [5.41, 5.74) is 7.35. The van der Waals surface area contributed by atoms with Gasteiger partial charge in [0.2, 0.25) is 6.39 Å². The number of aromatic nitrogens is 2. The summed E-state index contributed by atoms with van der Waals surface area (Å²) in [4.78, 5) is 3.99. The smallest absolute Gasteiger partial charge is 0.213 e. The Morgan fingerprint density at radius 1 is 1.44 bits per heavy atom. The quantitative estimate of drug-likeness (QED) is 0.786. The SMILES string of the molecule is NC1(c2ncon2)CCc2cc(F)ccc21. The fourth-order valence-electron chi connectivity index (χ4n) is 2.27. The van der Waals surface area contributed by atoms with Crippen LogP contribution in [0.15, 0.2) is 29.1 Å². The normalized spacial score (nSPS) is 23.4. The highest BCUT2D eigenvalue weighted by Crippen LogP contribution is 2.38. The molecule has 1 heterocycles. The molecule has 1 aliphatic rings. The number of halogens is 1. The van der Waals surface area contributed by atoms with Crippen LogP contribution >= 0.6 is 0 Å². The van der Waals surface area contributed by atoms with E-state index in [-0.39, 0.29) is 5.82 Å². The van der Waals surface area contributed by atoms with Crippen molar-refractivity contribution in [1.82, 2.24) is 10.1 Å². The second-order valence-corrected chi connectivity index (χ2v) is 4.03. The number of fused-ring (bicyclic) bond motifs is 1. The molecular weight excluding hydrogens is 209 g/mol. The van der Waals surface area contributed by atoms with Crippen LogP contribution in [0.3, 0.4) is 0 Å². The maximum Gasteiger partial charge on any atom is 0.213 e. The number of benzene rings is 1. The number of hydrogen-bond donors (Lipinski definition) is 1. The van der Waals surface area contributed by atoms with Crippen molar-refractivity contribution in [2.45, 2.75) is 18.4 Å². The maximum atomic E-state index is 13.1. The van der Waals surface area contributed by atoms with E-state index in [1.165, 1.54) is 18.5 Å². The molecule has 1 atom stereocenters. The fourth-order valence-corrected chi connectivity index (χ4v) is 2.27. The Morgan fingerprint density at radius 2 is 2.31 bits per heavy atom. The molecule has 16 heavy (non-hydrogen) atoms. The summed E-state index contributed by atoms with van der Waals surface area (Å²) in [6.07, 6.45) is 2.66. The first-order valence-electron chi connectivity index (χ1n) is 5.05. The Bertz CT molecular complexity index is 526. The highest BCUT2D eigenvalue weighted by Gasteiger charge is 2.40. The predicted molar refractivity (Wildman–Crippen MR) is 54.0 cm³/mol. The van der Waals surface area contributed by atoms with E-state index in [1.54, 1.807) is 6.07 Å². The first kappa shape index (κ1) is 9.47. The molecule has 3 rings (SSSR count). The van der Waals surface area contributed by atoms with Gasteiger partial charge in [0.15, 0.2) is 5.82 Å². The van der Waals surface area contributed by atoms with E-state index in [9.17, 15) is 4.39 Å². The van der Waals surface area contributed by atoms with Crippen LogP contribution in [0.2, 0.25) is 0 Å². The van der Waals surface area contributed by atoms with Gasteiger partial charge < -0.3 is 10.3 Å². The summed E-state index contributed by atoms with van der Waals surface area (Å²) < 4.78 is 17.8. The maximum absolute atomic E-state index is 13.1. The lowest BCUT2D eigenvalue weighted by Crippen LogP contribution is -2.36. The van der Waals surface area contributed by atoms with Crippen LogP contribution in [0.25, 0.3) is 0 Å². The molecule has 0 spiro atoms. The Morgan fingerprint density at radius 3 is 3.06 bits per heavy atom. The lowest BCUT2D eigenvalue weighted by Gasteiger charge is -2.20. The van der Waals surface area contributed by atoms with E-state index in [2.05, 4.69) is 10.1 Å². The van der Waals surface area contributed by atoms with E-state index in [0.29, 0.717) is 12.2 Å². The third-order valence-electron chi connectivity index (χ3n) is 3.10. The minimum absolute atomic E-state index is 0.240. The zero-order valence-electron chi connectivity index (χ0n) is 8.48. The second-order valence-electron chi connectivity index (χ2n) is 4.03. The summed E-state index contributed by atoms with van der Waals surface area (Å²) in [6, 6.07) is 4.63. The molecule has 0 saturated heterocycles. The van der Waals surface area contributed by atoms with E-state index in [1.807, 2.05) is 0 Å². The molecule has 1 unspecified atom stereocenters. The van der Waals surface area contributed by atoms with Gasteiger partial charge in [0.25, 0.3) is 0 Å². The Balaban J connectivity index is 2.15. The summed E-state index contributed by atoms with van der Waals surface area (Å²) in [7, 11) is 0. The van der Waals surface area contributed by atoms with Crippen LogP contribution in [-0.2, 0) is 12.0 Å². The number of rotatable bonds is 1. The lowest BCUT2D eigenvalue weighted by atomic mass is 9.92. The lowest BCUT2D eigenvalue weighted by molar-refractivity contribution is 0.387. The summed E-state index contributed by atoms with van der Waals surface area (Å²) in [6.45, 7) is 0. The first-order valence-corrected chi connectivity index (χ1v) is 5.05. The minimum Gasteiger partial charge on any atom is -0.343 e. The van der Waals surface area contributed by atoms with E-state index in [0.717, 1.165) is 17.5 Å². The van der Waals surface area contributed by atoms with Crippen molar-refractivity contribution in [2.24, 2.45) is 5.73 Å². The van der Waals surface area contributed by atoms with E-state index in [4.69, 9.17) is 10.3 Å². The van der Waals surface area contributed by atoms with Gasteiger partial charge in [-0.3, -0.25) is 0 Å². The molecule has 2 aromatic rings. The van der Waals surface area contributed by atoms with Crippen LogP contribution in [0.5, 0.6) is 0 Å². The number of nitrogens with zero attached hydrogens (tertiary/aromatic N) is 2. The van der Waals surface area contributed by atoms with Gasteiger partial charge in [0, 0.05) is 0 Å². The highest BCUT2D eigenvalue weighted by molar-refractivity contribution is 5.42. The molecule has 0 fully saturated rings. The molecule has 1 aromatic carbocycles. The van der Waals surface area contributed by atoms with Crippen LogP contribution in [-0.4, -0.2) is 10.1 Å². The van der Waals surface area contributed by atoms with Crippen molar-refractivity contribution in [3.8, 4) is 0 Å². The van der Waals surface area contributed by atoms with Gasteiger partial charge in [-0.2, -0.15) is 4.98 Å². The van der Waals surface area contributed by atoms with Crippen LogP contribution in [0.4, 0.5) is 4.39 Å². The molecule has 82 valence electrons. The average Bonchev–Trinajstić information content (AvgIpc) is 2.87. The Kier molecular flexibility index (Phi) is 1.85. The molecule has 2 N–H and O–H groups in total. The molecular formula is C11H10FN3O.